The Hall–Kier alpha value is -2.63. The Morgan fingerprint density at radius 1 is 1.12 bits per heavy atom. The fourth-order valence-electron chi connectivity index (χ4n) is 2.35. The predicted octanol–water partition coefficient (Wildman–Crippen LogP) is 4.18. The van der Waals surface area contributed by atoms with Crippen molar-refractivity contribution in [2.24, 2.45) is 0 Å². The molecule has 128 valence electrons. The second-order valence-electron chi connectivity index (χ2n) is 5.08. The van der Waals surface area contributed by atoms with Gasteiger partial charge in [0.1, 0.15) is 11.5 Å². The van der Waals surface area contributed by atoms with E-state index in [4.69, 9.17) is 4.74 Å². The molecule has 0 aromatic heterocycles. The van der Waals surface area contributed by atoms with E-state index >= 15 is 0 Å². The topological polar surface area (TPSA) is 47.6 Å². The molecule has 0 aliphatic carbocycles. The molecule has 1 N–H and O–H groups in total. The van der Waals surface area contributed by atoms with Crippen molar-refractivity contribution in [3.05, 3.63) is 59.7 Å². The molecule has 0 aliphatic rings. The van der Waals surface area contributed by atoms with Crippen molar-refractivity contribution < 1.29 is 23.0 Å². The molecule has 0 radical (unpaired) electrons. The lowest BCUT2D eigenvalue weighted by Gasteiger charge is -2.19. The maximum atomic E-state index is 12.5. The Labute approximate surface area is 139 Å². The minimum atomic E-state index is -2.98. The lowest BCUT2D eigenvalue weighted by Crippen LogP contribution is -2.28. The first-order chi connectivity index (χ1) is 11.5. The Bertz CT molecular complexity index is 674. The van der Waals surface area contributed by atoms with Crippen LogP contribution in [0.3, 0.4) is 0 Å². The van der Waals surface area contributed by atoms with Gasteiger partial charge in [-0.3, -0.25) is 4.79 Å². The van der Waals surface area contributed by atoms with Gasteiger partial charge in [0, 0.05) is 0 Å². The number of carbonyl (C=O) groups is 1. The number of halogens is 2. The number of methoxy groups -OCH3 is 1. The van der Waals surface area contributed by atoms with Gasteiger partial charge < -0.3 is 14.8 Å². The number of alkyl halides is 2. The summed E-state index contributed by atoms with van der Waals surface area (Å²) in [5.74, 6) is 0.110. The Morgan fingerprint density at radius 3 is 2.38 bits per heavy atom. The molecular weight excluding hydrogens is 316 g/mol. The molecule has 6 heteroatoms. The number of nitrogens with one attached hydrogen (secondary N) is 1. The third-order valence-corrected chi connectivity index (χ3v) is 3.58. The molecular formula is C18H19F2NO3. The van der Waals surface area contributed by atoms with Crippen molar-refractivity contribution in [2.45, 2.75) is 26.0 Å². The Balaban J connectivity index is 2.17. The van der Waals surface area contributed by atoms with E-state index in [1.54, 1.807) is 25.3 Å². The predicted molar refractivity (Wildman–Crippen MR) is 86.6 cm³/mol. The third-order valence-electron chi connectivity index (χ3n) is 3.58. The molecule has 2 aromatic rings. The molecule has 1 atom stereocenters. The SMILES string of the molecule is CCC(NC(=O)c1ccccc1OC(F)F)c1ccc(OC)cc1. The highest BCUT2D eigenvalue weighted by atomic mass is 19.3. The summed E-state index contributed by atoms with van der Waals surface area (Å²) in [6, 6.07) is 13.0. The fraction of sp³-hybridized carbons (Fsp3) is 0.278. The summed E-state index contributed by atoms with van der Waals surface area (Å²) in [6.45, 7) is -1.06. The molecule has 0 heterocycles. The van der Waals surface area contributed by atoms with Gasteiger partial charge in [0.15, 0.2) is 0 Å². The van der Waals surface area contributed by atoms with E-state index in [2.05, 4.69) is 10.1 Å². The first-order valence-corrected chi connectivity index (χ1v) is 7.53. The largest absolute Gasteiger partial charge is 0.497 e. The summed E-state index contributed by atoms with van der Waals surface area (Å²) in [7, 11) is 1.58. The first-order valence-electron chi connectivity index (χ1n) is 7.53. The summed E-state index contributed by atoms with van der Waals surface area (Å²) < 4.78 is 34.4. The second-order valence-corrected chi connectivity index (χ2v) is 5.08. The van der Waals surface area contributed by atoms with E-state index in [-0.39, 0.29) is 17.4 Å². The van der Waals surface area contributed by atoms with Crippen LogP contribution in [0.5, 0.6) is 11.5 Å². The molecule has 0 saturated carbocycles. The number of para-hydroxylation sites is 1. The van der Waals surface area contributed by atoms with Gasteiger partial charge >= 0.3 is 6.61 Å². The molecule has 0 spiro atoms. The van der Waals surface area contributed by atoms with Gasteiger partial charge in [-0.15, -0.1) is 0 Å². The molecule has 0 fully saturated rings. The Morgan fingerprint density at radius 2 is 1.79 bits per heavy atom. The van der Waals surface area contributed by atoms with Crippen LogP contribution in [0.2, 0.25) is 0 Å². The number of carbonyl (C=O) groups excluding carboxylic acids is 1. The van der Waals surface area contributed by atoms with Crippen molar-refractivity contribution in [3.63, 3.8) is 0 Å². The van der Waals surface area contributed by atoms with Crippen molar-refractivity contribution in [2.75, 3.05) is 7.11 Å². The zero-order valence-electron chi connectivity index (χ0n) is 13.5. The average molecular weight is 335 g/mol. The van der Waals surface area contributed by atoms with Crippen molar-refractivity contribution in [1.29, 1.82) is 0 Å². The van der Waals surface area contributed by atoms with Crippen molar-refractivity contribution in [1.82, 2.24) is 5.32 Å². The van der Waals surface area contributed by atoms with Gasteiger partial charge in [-0.05, 0) is 36.2 Å². The smallest absolute Gasteiger partial charge is 0.387 e. The summed E-state index contributed by atoms with van der Waals surface area (Å²) >= 11 is 0. The summed E-state index contributed by atoms with van der Waals surface area (Å²) in [6.07, 6.45) is 0.649. The van der Waals surface area contributed by atoms with Gasteiger partial charge in [0.05, 0.1) is 18.7 Å². The van der Waals surface area contributed by atoms with Crippen molar-refractivity contribution in [3.8, 4) is 11.5 Å². The van der Waals surface area contributed by atoms with Gasteiger partial charge in [-0.2, -0.15) is 8.78 Å². The van der Waals surface area contributed by atoms with Gasteiger partial charge in [0.2, 0.25) is 0 Å². The van der Waals surface area contributed by atoms with E-state index in [9.17, 15) is 13.6 Å². The van der Waals surface area contributed by atoms with Gasteiger partial charge in [-0.25, -0.2) is 0 Å². The highest BCUT2D eigenvalue weighted by Gasteiger charge is 2.19. The molecule has 0 bridgehead atoms. The molecule has 1 amide bonds. The van der Waals surface area contributed by atoms with E-state index in [0.29, 0.717) is 6.42 Å². The lowest BCUT2D eigenvalue weighted by molar-refractivity contribution is -0.0501. The molecule has 2 rings (SSSR count). The quantitative estimate of drug-likeness (QED) is 0.826. The first kappa shape index (κ1) is 17.7. The zero-order valence-corrected chi connectivity index (χ0v) is 13.5. The van der Waals surface area contributed by atoms with Crippen LogP contribution >= 0.6 is 0 Å². The summed E-state index contributed by atoms with van der Waals surface area (Å²) in [5, 5.41) is 2.85. The minimum absolute atomic E-state index is 0.0739. The standard InChI is InChI=1S/C18H19F2NO3/c1-3-15(12-8-10-13(23-2)11-9-12)21-17(22)14-6-4-5-7-16(14)24-18(19)20/h4-11,15,18H,3H2,1-2H3,(H,21,22). The molecule has 24 heavy (non-hydrogen) atoms. The van der Waals surface area contributed by atoms with E-state index in [0.717, 1.165) is 11.3 Å². The molecule has 0 aliphatic heterocycles. The number of rotatable bonds is 7. The highest BCUT2D eigenvalue weighted by molar-refractivity contribution is 5.97. The summed E-state index contributed by atoms with van der Waals surface area (Å²) in [4.78, 5) is 12.5. The van der Waals surface area contributed by atoms with Crippen LogP contribution in [-0.2, 0) is 0 Å². The number of ether oxygens (including phenoxy) is 2. The van der Waals surface area contributed by atoms with Gasteiger partial charge in [0.25, 0.3) is 5.91 Å². The molecule has 1 unspecified atom stereocenters. The minimum Gasteiger partial charge on any atom is -0.497 e. The number of hydrogen-bond donors (Lipinski definition) is 1. The zero-order chi connectivity index (χ0) is 17.5. The summed E-state index contributed by atoms with van der Waals surface area (Å²) in [5.41, 5.74) is 0.976. The number of benzene rings is 2. The maximum absolute atomic E-state index is 12.5. The maximum Gasteiger partial charge on any atom is 0.387 e. The van der Waals surface area contributed by atoms with E-state index in [1.165, 1.54) is 18.2 Å². The van der Waals surface area contributed by atoms with Crippen LogP contribution in [0.15, 0.2) is 48.5 Å². The van der Waals surface area contributed by atoms with Crippen LogP contribution in [0.25, 0.3) is 0 Å². The van der Waals surface area contributed by atoms with Crippen LogP contribution < -0.4 is 14.8 Å². The number of hydrogen-bond acceptors (Lipinski definition) is 3. The van der Waals surface area contributed by atoms with E-state index < -0.39 is 12.5 Å². The third kappa shape index (κ3) is 4.44. The lowest BCUT2D eigenvalue weighted by atomic mass is 10.0. The van der Waals surface area contributed by atoms with Crippen LogP contribution in [0.1, 0.15) is 35.3 Å². The van der Waals surface area contributed by atoms with Crippen LogP contribution in [-0.4, -0.2) is 19.6 Å². The molecule has 4 nitrogen and oxygen atoms in total. The normalized spacial score (nSPS) is 11.9. The molecule has 2 aromatic carbocycles. The van der Waals surface area contributed by atoms with Gasteiger partial charge in [-0.1, -0.05) is 31.2 Å². The van der Waals surface area contributed by atoms with Crippen LogP contribution in [0, 0.1) is 0 Å². The fourth-order valence-corrected chi connectivity index (χ4v) is 2.35. The monoisotopic (exact) mass is 335 g/mol. The van der Waals surface area contributed by atoms with E-state index in [1.807, 2.05) is 19.1 Å². The second kappa shape index (κ2) is 8.29. The highest BCUT2D eigenvalue weighted by Crippen LogP contribution is 2.24. The average Bonchev–Trinajstić information content (AvgIpc) is 2.59. The molecule has 0 saturated heterocycles. The Kier molecular flexibility index (Phi) is 6.12. The van der Waals surface area contributed by atoms with Crippen molar-refractivity contribution >= 4 is 5.91 Å². The van der Waals surface area contributed by atoms with Crippen LogP contribution in [0.4, 0.5) is 8.78 Å². The number of amides is 1.